The van der Waals surface area contributed by atoms with E-state index in [4.69, 9.17) is 0 Å². The van der Waals surface area contributed by atoms with Crippen LogP contribution in [0.4, 0.5) is 0 Å². The number of allylic oxidation sites excluding steroid dienone is 12. The van der Waals surface area contributed by atoms with E-state index in [0.717, 1.165) is 11.0 Å². The van der Waals surface area contributed by atoms with Gasteiger partial charge >= 0.3 is 26.2 Å². The molecule has 0 spiro atoms. The van der Waals surface area contributed by atoms with Gasteiger partial charge < -0.3 is 24.8 Å². The smallest absolute Gasteiger partial charge is 1.00 e. The van der Waals surface area contributed by atoms with Crippen LogP contribution < -0.4 is 24.8 Å². The Bertz CT molecular complexity index is 1960. The summed E-state index contributed by atoms with van der Waals surface area (Å²) in [5, 5.41) is 2.38. The minimum Gasteiger partial charge on any atom is -1.00 e. The van der Waals surface area contributed by atoms with Crippen LogP contribution in [0.2, 0.25) is 0 Å². The first kappa shape index (κ1) is 37.9. The summed E-state index contributed by atoms with van der Waals surface area (Å²) < 4.78 is 0. The molecule has 234 valence electrons. The normalized spacial score (nSPS) is 15.7. The number of hydrogen-bond donors (Lipinski definition) is 0. The fraction of sp³-hybridized carbons (Fsp3) is 0.105. The average Bonchev–Trinajstić information content (AvgIpc) is 3.84. The molecule has 2 aromatic carbocycles. The molecular formula is C38H30Cl2N2S4Zr. The Morgan fingerprint density at radius 2 is 0.851 bits per heavy atom. The van der Waals surface area contributed by atoms with Crippen LogP contribution in [0.5, 0.6) is 0 Å². The molecule has 4 aromatic rings. The van der Waals surface area contributed by atoms with Gasteiger partial charge in [-0.25, -0.2) is 0 Å². The summed E-state index contributed by atoms with van der Waals surface area (Å²) in [6.45, 7) is 0. The Labute approximate surface area is 325 Å². The zero-order valence-corrected chi connectivity index (χ0v) is 33.4. The van der Waals surface area contributed by atoms with Gasteiger partial charge in [-0.3, -0.25) is 9.97 Å². The number of rotatable bonds is 6. The zero-order valence-electron chi connectivity index (χ0n) is 26.2. The molecule has 0 fully saturated rings. The topological polar surface area (TPSA) is 25.8 Å². The number of para-hydroxylation sites is 2. The third-order valence-electron chi connectivity index (χ3n) is 8.15. The van der Waals surface area contributed by atoms with Crippen LogP contribution in [0, 0.1) is 0 Å². The van der Waals surface area contributed by atoms with Gasteiger partial charge in [0.05, 0.1) is 11.0 Å². The maximum absolute atomic E-state index is 4.61. The van der Waals surface area contributed by atoms with Gasteiger partial charge in [0.15, 0.2) is 0 Å². The van der Waals surface area contributed by atoms with E-state index in [2.05, 4.69) is 120 Å². The second-order valence-corrected chi connectivity index (χ2v) is 13.9. The van der Waals surface area contributed by atoms with Crippen molar-refractivity contribution in [2.75, 3.05) is 25.0 Å². The summed E-state index contributed by atoms with van der Waals surface area (Å²) in [5.74, 6) is 0. The van der Waals surface area contributed by atoms with Crippen LogP contribution in [-0.4, -0.2) is 35.0 Å². The SMILES string of the molecule is CSC1=CC2=C(c3cccc4cccnc34)C=C(SC)C2=C1.CSC1=CC2=C(c3cccc4cccnc34)C=C(SC)C2=C1.[Cl-].[Cl-].[Zr+2]. The van der Waals surface area contributed by atoms with E-state index in [1.165, 1.54) is 75.0 Å². The van der Waals surface area contributed by atoms with Gasteiger partial charge in [0.2, 0.25) is 0 Å². The summed E-state index contributed by atoms with van der Waals surface area (Å²) >= 11 is 7.23. The summed E-state index contributed by atoms with van der Waals surface area (Å²) in [6, 6.07) is 21.1. The Hall–Kier alpha value is -1.96. The standard InChI is InChI=1S/2C19H15NS2.2ClH.Zr/c2*1-21-13-9-15-16(11-18(22-2)17(15)10-13)14-7-3-5-12-6-4-8-20-19(12)14;;;/h2*3-11H,1-2H3;2*1H;/q;;;;+2/p-2. The van der Waals surface area contributed by atoms with Crippen LogP contribution in [0.3, 0.4) is 0 Å². The van der Waals surface area contributed by atoms with Gasteiger partial charge in [0, 0.05) is 53.9 Å². The number of halogens is 2. The van der Waals surface area contributed by atoms with Crippen LogP contribution >= 0.6 is 47.0 Å². The van der Waals surface area contributed by atoms with Crippen LogP contribution in [-0.2, 0) is 26.2 Å². The van der Waals surface area contributed by atoms with Crippen LogP contribution in [0.15, 0.2) is 151 Å². The van der Waals surface area contributed by atoms with Crippen molar-refractivity contribution >= 4 is 80.0 Å². The van der Waals surface area contributed by atoms with E-state index in [0.29, 0.717) is 0 Å². The molecule has 2 nitrogen and oxygen atoms in total. The molecule has 0 radical (unpaired) electrons. The van der Waals surface area contributed by atoms with Crippen molar-refractivity contribution in [2.45, 2.75) is 0 Å². The van der Waals surface area contributed by atoms with E-state index in [1.54, 1.807) is 23.5 Å². The Morgan fingerprint density at radius 1 is 0.447 bits per heavy atom. The second-order valence-electron chi connectivity index (χ2n) is 10.5. The van der Waals surface area contributed by atoms with Gasteiger partial charge in [-0.2, -0.15) is 0 Å². The number of hydrogen-bond acceptors (Lipinski definition) is 6. The van der Waals surface area contributed by atoms with Crippen LogP contribution in [0.1, 0.15) is 11.1 Å². The first-order valence-electron chi connectivity index (χ1n) is 14.3. The molecule has 0 atom stereocenters. The molecule has 8 rings (SSSR count). The predicted octanol–water partition coefficient (Wildman–Crippen LogP) is 4.88. The number of benzene rings is 2. The summed E-state index contributed by atoms with van der Waals surface area (Å²) in [4.78, 5) is 14.6. The molecule has 0 bridgehead atoms. The van der Waals surface area contributed by atoms with Crippen molar-refractivity contribution in [1.82, 2.24) is 9.97 Å². The molecule has 2 aromatic heterocycles. The fourth-order valence-corrected chi connectivity index (χ4v) is 8.24. The summed E-state index contributed by atoms with van der Waals surface area (Å²) in [5.41, 5.74) is 12.6. The quantitative estimate of drug-likeness (QED) is 0.276. The molecule has 0 unspecified atom stereocenters. The van der Waals surface area contributed by atoms with Gasteiger partial charge in [-0.05, 0) is 107 Å². The van der Waals surface area contributed by atoms with Crippen molar-refractivity contribution in [3.63, 3.8) is 0 Å². The van der Waals surface area contributed by atoms with E-state index in [9.17, 15) is 0 Å². The fourth-order valence-electron chi connectivity index (χ4n) is 6.05. The van der Waals surface area contributed by atoms with E-state index in [-0.39, 0.29) is 51.0 Å². The molecule has 0 amide bonds. The molecule has 4 aliphatic rings. The number of aromatic nitrogens is 2. The predicted molar refractivity (Wildman–Crippen MR) is 200 cm³/mol. The number of pyridine rings is 2. The van der Waals surface area contributed by atoms with Crippen molar-refractivity contribution < 1.29 is 51.0 Å². The molecule has 9 heteroatoms. The average molecular weight is 805 g/mol. The van der Waals surface area contributed by atoms with Gasteiger partial charge in [-0.1, -0.05) is 48.5 Å². The molecule has 0 N–H and O–H groups in total. The van der Waals surface area contributed by atoms with Crippen molar-refractivity contribution in [2.24, 2.45) is 0 Å². The number of thioether (sulfide) groups is 4. The summed E-state index contributed by atoms with van der Waals surface area (Å²) in [6.07, 6.45) is 26.1. The van der Waals surface area contributed by atoms with Gasteiger partial charge in [0.25, 0.3) is 0 Å². The van der Waals surface area contributed by atoms with Crippen molar-refractivity contribution in [3.8, 4) is 0 Å². The maximum atomic E-state index is 4.61. The van der Waals surface area contributed by atoms with Crippen LogP contribution in [0.25, 0.3) is 33.0 Å². The zero-order chi connectivity index (χ0) is 30.2. The minimum atomic E-state index is 0. The number of nitrogens with zero attached hydrogens (tertiary/aromatic N) is 2. The molecule has 2 heterocycles. The van der Waals surface area contributed by atoms with Crippen molar-refractivity contribution in [3.05, 3.63) is 163 Å². The first-order valence-corrected chi connectivity index (χ1v) is 19.2. The molecule has 47 heavy (non-hydrogen) atoms. The summed E-state index contributed by atoms with van der Waals surface area (Å²) in [7, 11) is 0. The first-order chi connectivity index (χ1) is 21.6. The van der Waals surface area contributed by atoms with E-state index >= 15 is 0 Å². The Kier molecular flexibility index (Phi) is 13.4. The Balaban J connectivity index is 0.000000200. The molecular weight excluding hydrogens is 775 g/mol. The molecule has 0 aliphatic heterocycles. The number of fused-ring (bicyclic) bond motifs is 4. The van der Waals surface area contributed by atoms with Crippen molar-refractivity contribution in [1.29, 1.82) is 0 Å². The van der Waals surface area contributed by atoms with E-state index in [1.807, 2.05) is 48.1 Å². The van der Waals surface area contributed by atoms with Gasteiger partial charge in [0.1, 0.15) is 0 Å². The largest absolute Gasteiger partial charge is 2.00 e. The monoisotopic (exact) mass is 802 g/mol. The maximum Gasteiger partial charge on any atom is 2.00 e. The third kappa shape index (κ3) is 7.19. The Morgan fingerprint density at radius 3 is 1.23 bits per heavy atom. The minimum absolute atomic E-state index is 0. The third-order valence-corrected chi connectivity index (χ3v) is 11.1. The van der Waals surface area contributed by atoms with E-state index < -0.39 is 0 Å². The molecule has 4 aliphatic carbocycles. The molecule has 0 saturated heterocycles. The van der Waals surface area contributed by atoms with Gasteiger partial charge in [-0.15, -0.1) is 47.0 Å². The molecule has 0 saturated carbocycles. The second kappa shape index (κ2) is 16.6.